The number of fused-ring (bicyclic) bond motifs is 1. The summed E-state index contributed by atoms with van der Waals surface area (Å²) in [5.41, 5.74) is 2.12. The van der Waals surface area contributed by atoms with Crippen LogP contribution in [0.5, 0.6) is 0 Å². The largest absolute Gasteiger partial charge is 0.433 e. The van der Waals surface area contributed by atoms with Crippen molar-refractivity contribution in [1.29, 1.82) is 0 Å². The SMILES string of the molecule is O=C(c1ccc([N+](=O)[O-])o1)N1CCc2sccc2[C@@H]1c1ccccc1. The molecular weight excluding hydrogens is 340 g/mol. The van der Waals surface area contributed by atoms with Gasteiger partial charge in [-0.05, 0) is 35.1 Å². The van der Waals surface area contributed by atoms with Gasteiger partial charge in [0.2, 0.25) is 0 Å². The van der Waals surface area contributed by atoms with Crippen LogP contribution in [-0.2, 0) is 6.42 Å². The average molecular weight is 354 g/mol. The van der Waals surface area contributed by atoms with Crippen LogP contribution < -0.4 is 0 Å². The minimum atomic E-state index is -0.640. The van der Waals surface area contributed by atoms with Gasteiger partial charge in [-0.2, -0.15) is 0 Å². The number of hydrogen-bond donors (Lipinski definition) is 0. The summed E-state index contributed by atoms with van der Waals surface area (Å²) >= 11 is 1.69. The van der Waals surface area contributed by atoms with Crippen molar-refractivity contribution in [3.05, 3.63) is 85.8 Å². The number of carbonyl (C=O) groups excluding carboxylic acids is 1. The maximum Gasteiger partial charge on any atom is 0.433 e. The maximum atomic E-state index is 13.0. The summed E-state index contributed by atoms with van der Waals surface area (Å²) in [6.45, 7) is 0.542. The van der Waals surface area contributed by atoms with Crippen molar-refractivity contribution in [3.63, 3.8) is 0 Å². The summed E-state index contributed by atoms with van der Waals surface area (Å²) in [5.74, 6) is -0.766. The predicted molar refractivity (Wildman–Crippen MR) is 92.7 cm³/mol. The fraction of sp³-hybridized carbons (Fsp3) is 0.167. The average Bonchev–Trinajstić information content (AvgIpc) is 3.30. The standard InChI is InChI=1S/C18H14N2O4S/c21-18(14-6-7-16(24-14)20(22)23)19-10-8-15-13(9-11-25-15)17(19)12-4-2-1-3-5-12/h1-7,9,11,17H,8,10H2/t17-/m0/s1. The van der Waals surface area contributed by atoms with E-state index in [0.29, 0.717) is 6.54 Å². The van der Waals surface area contributed by atoms with Crippen LogP contribution in [0.4, 0.5) is 5.88 Å². The van der Waals surface area contributed by atoms with Gasteiger partial charge >= 0.3 is 5.88 Å². The van der Waals surface area contributed by atoms with Crippen LogP contribution in [0.15, 0.2) is 58.3 Å². The van der Waals surface area contributed by atoms with Crippen LogP contribution in [-0.4, -0.2) is 22.3 Å². The topological polar surface area (TPSA) is 76.6 Å². The second-order valence-corrected chi connectivity index (χ2v) is 6.76. The number of amides is 1. The fourth-order valence-corrected chi connectivity index (χ4v) is 4.12. The molecule has 0 unspecified atom stereocenters. The monoisotopic (exact) mass is 354 g/mol. The molecule has 0 bridgehead atoms. The predicted octanol–water partition coefficient (Wildman–Crippen LogP) is 4.04. The van der Waals surface area contributed by atoms with Gasteiger partial charge in [0.1, 0.15) is 4.92 Å². The Morgan fingerprint density at radius 2 is 2.00 bits per heavy atom. The van der Waals surface area contributed by atoms with Crippen molar-refractivity contribution < 1.29 is 14.1 Å². The Morgan fingerprint density at radius 3 is 2.72 bits per heavy atom. The molecule has 3 aromatic rings. The van der Waals surface area contributed by atoms with Crippen molar-refractivity contribution >= 4 is 23.1 Å². The number of nitrogens with zero attached hydrogens (tertiary/aromatic N) is 2. The Balaban J connectivity index is 1.74. The second-order valence-electron chi connectivity index (χ2n) is 5.76. The molecule has 1 aromatic carbocycles. The highest BCUT2D eigenvalue weighted by Gasteiger charge is 2.34. The Kier molecular flexibility index (Phi) is 3.85. The van der Waals surface area contributed by atoms with Crippen molar-refractivity contribution in [1.82, 2.24) is 4.90 Å². The third kappa shape index (κ3) is 2.72. The Hall–Kier alpha value is -2.93. The van der Waals surface area contributed by atoms with Crippen LogP contribution in [0.1, 0.15) is 32.6 Å². The zero-order valence-electron chi connectivity index (χ0n) is 13.1. The normalized spacial score (nSPS) is 16.5. The quantitative estimate of drug-likeness (QED) is 0.525. The first-order valence-corrected chi connectivity index (χ1v) is 8.69. The fourth-order valence-electron chi connectivity index (χ4n) is 3.21. The smallest absolute Gasteiger partial charge is 0.395 e. The molecule has 25 heavy (non-hydrogen) atoms. The third-order valence-electron chi connectivity index (χ3n) is 4.32. The first-order valence-electron chi connectivity index (χ1n) is 7.81. The molecule has 0 radical (unpaired) electrons. The van der Waals surface area contributed by atoms with Crippen molar-refractivity contribution in [2.24, 2.45) is 0 Å². The van der Waals surface area contributed by atoms with E-state index >= 15 is 0 Å². The molecule has 0 N–H and O–H groups in total. The molecule has 1 aliphatic rings. The lowest BCUT2D eigenvalue weighted by molar-refractivity contribution is -0.402. The van der Waals surface area contributed by atoms with E-state index in [1.807, 2.05) is 41.8 Å². The summed E-state index contributed by atoms with van der Waals surface area (Å²) < 4.78 is 5.13. The lowest BCUT2D eigenvalue weighted by Gasteiger charge is -2.35. The highest BCUT2D eigenvalue weighted by Crippen LogP contribution is 2.38. The molecular formula is C18H14N2O4S. The Bertz CT molecular complexity index is 931. The zero-order valence-corrected chi connectivity index (χ0v) is 13.9. The van der Waals surface area contributed by atoms with E-state index < -0.39 is 10.8 Å². The van der Waals surface area contributed by atoms with Crippen LogP contribution in [0.25, 0.3) is 0 Å². The number of furan rings is 1. The lowest BCUT2D eigenvalue weighted by atomic mass is 9.93. The van der Waals surface area contributed by atoms with Crippen molar-refractivity contribution in [2.45, 2.75) is 12.5 Å². The van der Waals surface area contributed by atoms with Gasteiger partial charge in [0.25, 0.3) is 5.91 Å². The molecule has 0 aliphatic carbocycles. The number of carbonyl (C=O) groups is 1. The van der Waals surface area contributed by atoms with E-state index in [2.05, 4.69) is 0 Å². The van der Waals surface area contributed by atoms with Gasteiger partial charge < -0.3 is 9.32 Å². The zero-order chi connectivity index (χ0) is 17.4. The summed E-state index contributed by atoms with van der Waals surface area (Å²) in [5, 5.41) is 12.9. The number of hydrogen-bond acceptors (Lipinski definition) is 5. The molecule has 2 aromatic heterocycles. The first kappa shape index (κ1) is 15.6. The van der Waals surface area contributed by atoms with E-state index in [1.165, 1.54) is 17.0 Å². The highest BCUT2D eigenvalue weighted by molar-refractivity contribution is 7.10. The number of benzene rings is 1. The van der Waals surface area contributed by atoms with Crippen molar-refractivity contribution in [2.75, 3.05) is 6.54 Å². The minimum Gasteiger partial charge on any atom is -0.395 e. The van der Waals surface area contributed by atoms with Crippen LogP contribution >= 0.6 is 11.3 Å². The number of rotatable bonds is 3. The summed E-state index contributed by atoms with van der Waals surface area (Å²) in [6.07, 6.45) is 0.769. The third-order valence-corrected chi connectivity index (χ3v) is 5.32. The lowest BCUT2D eigenvalue weighted by Crippen LogP contribution is -2.39. The molecule has 126 valence electrons. The van der Waals surface area contributed by atoms with E-state index in [-0.39, 0.29) is 17.7 Å². The van der Waals surface area contributed by atoms with Crippen LogP contribution in [0, 0.1) is 10.1 Å². The summed E-state index contributed by atoms with van der Waals surface area (Å²) in [7, 11) is 0. The van der Waals surface area contributed by atoms with Gasteiger partial charge in [0.15, 0.2) is 5.76 Å². The molecule has 6 nitrogen and oxygen atoms in total. The van der Waals surface area contributed by atoms with E-state index in [4.69, 9.17) is 4.42 Å². The minimum absolute atomic E-state index is 0.00805. The van der Waals surface area contributed by atoms with Gasteiger partial charge in [-0.25, -0.2) is 0 Å². The van der Waals surface area contributed by atoms with Crippen LogP contribution in [0.3, 0.4) is 0 Å². The molecule has 1 atom stereocenters. The Morgan fingerprint density at radius 1 is 1.20 bits per heavy atom. The Labute approximate surface area is 147 Å². The second kappa shape index (κ2) is 6.18. The molecule has 1 amide bonds. The van der Waals surface area contributed by atoms with Gasteiger partial charge in [-0.15, -0.1) is 11.3 Å². The first-order chi connectivity index (χ1) is 12.1. The maximum absolute atomic E-state index is 13.0. The van der Waals surface area contributed by atoms with Gasteiger partial charge in [0, 0.05) is 11.4 Å². The summed E-state index contributed by atoms with van der Waals surface area (Å²) in [6, 6.07) is 14.2. The highest BCUT2D eigenvalue weighted by atomic mass is 32.1. The van der Waals surface area contributed by atoms with E-state index in [1.54, 1.807) is 16.2 Å². The molecule has 7 heteroatoms. The van der Waals surface area contributed by atoms with Gasteiger partial charge in [-0.1, -0.05) is 30.3 Å². The van der Waals surface area contributed by atoms with Gasteiger partial charge in [-0.3, -0.25) is 14.9 Å². The molecule has 0 saturated heterocycles. The van der Waals surface area contributed by atoms with E-state index in [9.17, 15) is 14.9 Å². The molecule has 4 rings (SSSR count). The molecule has 3 heterocycles. The molecule has 0 spiro atoms. The van der Waals surface area contributed by atoms with E-state index in [0.717, 1.165) is 17.5 Å². The number of thiophene rings is 1. The van der Waals surface area contributed by atoms with Gasteiger partial charge in [0.05, 0.1) is 12.1 Å². The van der Waals surface area contributed by atoms with Crippen LogP contribution in [0.2, 0.25) is 0 Å². The molecule has 0 fully saturated rings. The molecule has 0 saturated carbocycles. The summed E-state index contributed by atoms with van der Waals surface area (Å²) in [4.78, 5) is 26.1. The number of nitro groups is 1. The molecule has 1 aliphatic heterocycles. The van der Waals surface area contributed by atoms with Crippen molar-refractivity contribution in [3.8, 4) is 0 Å².